The molecule has 3 aliphatic carbocycles. The van der Waals surface area contributed by atoms with Gasteiger partial charge in [-0.25, -0.2) is 14.4 Å². The molecule has 0 radical (unpaired) electrons. The molecule has 2 unspecified atom stereocenters. The number of primary amides is 1. The lowest BCUT2D eigenvalue weighted by molar-refractivity contribution is -0.285. The molecule has 3 heterocycles. The van der Waals surface area contributed by atoms with Crippen molar-refractivity contribution >= 4 is 115 Å². The van der Waals surface area contributed by atoms with Gasteiger partial charge in [0.1, 0.15) is 54.5 Å². The smallest absolute Gasteiger partial charge is 0.415 e. The first-order chi connectivity index (χ1) is 49.5. The summed E-state index contributed by atoms with van der Waals surface area (Å²) in [4.78, 5) is 128. The maximum absolute atomic E-state index is 15.1. The lowest BCUT2D eigenvalue weighted by Gasteiger charge is -2.69. The molecule has 13 N–H and O–H groups in total. The minimum Gasteiger partial charge on any atom is -0.461 e. The summed E-state index contributed by atoms with van der Waals surface area (Å²) in [7, 11) is 3.03. The SMILES string of the molecule is CC(=O)N[C@@H](CCCCN)C(=O)N[C@H](C(=O)NC(CCCNC(N)=O)C(=O)Nc1ccc(COC(=O)N(C)CCN(C)C(=O)Oc2cc3c(c4ccccc24)[C@H](CCl)CN3C(=O)C23CC(C(=O)N4C[C@@H](CCl)c5c4cc(O[C@@H]4O[C@H]([C@H](C)C(C)O)[C@@H](O)[C@H](O)[C@H]4O)c4ccccc54)(C2)C3)cc1)C(C)C. The highest BCUT2D eigenvalue weighted by Gasteiger charge is 2.76. The second-order valence-corrected chi connectivity index (χ2v) is 29.3. The van der Waals surface area contributed by atoms with Gasteiger partial charge in [0.15, 0.2) is 0 Å². The van der Waals surface area contributed by atoms with Crippen molar-refractivity contribution < 1.29 is 82.5 Å². The van der Waals surface area contributed by atoms with Crippen molar-refractivity contribution in [1.82, 2.24) is 31.1 Å². The summed E-state index contributed by atoms with van der Waals surface area (Å²) in [6.45, 7) is 8.85. The number of likely N-dealkylation sites (N-methyl/N-ethyl adjacent to an activating group) is 2. The number of amides is 10. The number of unbranched alkanes of at least 4 members (excludes halogenated alkanes) is 1. The average molecular weight is 1480 g/mol. The molecule has 5 aromatic rings. The van der Waals surface area contributed by atoms with Crippen molar-refractivity contribution in [2.45, 2.75) is 159 Å². The van der Waals surface area contributed by atoms with Gasteiger partial charge in [-0.15, -0.1) is 23.2 Å². The Morgan fingerprint density at radius 2 is 1.19 bits per heavy atom. The van der Waals surface area contributed by atoms with Gasteiger partial charge in [0.05, 0.1) is 34.4 Å². The molecule has 10 amide bonds. The van der Waals surface area contributed by atoms with Gasteiger partial charge in [-0.2, -0.15) is 0 Å². The molecule has 2 bridgehead atoms. The van der Waals surface area contributed by atoms with E-state index in [0.717, 1.165) is 21.9 Å². The maximum atomic E-state index is 15.1. The Bertz CT molecular complexity index is 4020. The van der Waals surface area contributed by atoms with Gasteiger partial charge in [0.25, 0.3) is 0 Å². The highest BCUT2D eigenvalue weighted by Crippen LogP contribution is 2.75. The summed E-state index contributed by atoms with van der Waals surface area (Å²) in [5.41, 5.74) is 12.8. The third-order valence-corrected chi connectivity index (χ3v) is 21.6. The number of ether oxygens (including phenoxy) is 4. The second kappa shape index (κ2) is 33.2. The number of fused-ring (bicyclic) bond motifs is 6. The van der Waals surface area contributed by atoms with Crippen LogP contribution in [0.25, 0.3) is 21.5 Å². The molecule has 12 atom stereocenters. The number of aliphatic hydroxyl groups excluding tert-OH is 4. The number of rotatable bonds is 30. The number of carbonyl (C=O) groups is 9. The molecule has 30 heteroatoms. The van der Waals surface area contributed by atoms with E-state index < -0.39 is 119 Å². The first-order valence-corrected chi connectivity index (χ1v) is 36.3. The number of alkyl halides is 2. The highest BCUT2D eigenvalue weighted by molar-refractivity contribution is 6.20. The third kappa shape index (κ3) is 16.6. The van der Waals surface area contributed by atoms with Crippen LogP contribution in [0.4, 0.5) is 31.4 Å². The van der Waals surface area contributed by atoms with Crippen LogP contribution in [0.15, 0.2) is 84.9 Å². The fraction of sp³-hybridized carbons (Fsp3) is 0.527. The summed E-state index contributed by atoms with van der Waals surface area (Å²) in [5.74, 6) is -3.37. The maximum Gasteiger partial charge on any atom is 0.415 e. The number of hydrogen-bond acceptors (Lipinski definition) is 18. The van der Waals surface area contributed by atoms with Crippen molar-refractivity contribution in [2.24, 2.45) is 34.1 Å². The predicted octanol–water partition coefficient (Wildman–Crippen LogP) is 5.75. The van der Waals surface area contributed by atoms with E-state index in [2.05, 4.69) is 26.6 Å². The number of nitrogens with two attached hydrogens (primary N) is 2. The number of aliphatic hydroxyl groups is 4. The minimum atomic E-state index is -1.67. The van der Waals surface area contributed by atoms with Crippen LogP contribution in [-0.2, 0) is 44.8 Å². The van der Waals surface area contributed by atoms with Crippen LogP contribution in [-0.4, -0.2) is 204 Å². The molecule has 6 aliphatic rings. The Hall–Kier alpha value is -8.61. The molecule has 28 nitrogen and oxygen atoms in total. The normalized spacial score (nSPS) is 23.5. The summed E-state index contributed by atoms with van der Waals surface area (Å²) in [5, 5.41) is 59.5. The fourth-order valence-corrected chi connectivity index (χ4v) is 15.4. The molecule has 0 spiro atoms. The number of carbonyl (C=O) groups excluding carboxylic acids is 9. The van der Waals surface area contributed by atoms with Crippen molar-refractivity contribution in [3.8, 4) is 11.5 Å². The van der Waals surface area contributed by atoms with E-state index in [0.29, 0.717) is 59.2 Å². The van der Waals surface area contributed by atoms with Crippen LogP contribution in [0.3, 0.4) is 0 Å². The summed E-state index contributed by atoms with van der Waals surface area (Å²) in [6.07, 6.45) is -7.10. The summed E-state index contributed by atoms with van der Waals surface area (Å²) in [6, 6.07) is 20.7. The molecular formula is C74H95Cl2N11O17. The molecule has 562 valence electrons. The van der Waals surface area contributed by atoms with Gasteiger partial charge in [-0.1, -0.05) is 81.4 Å². The van der Waals surface area contributed by atoms with Crippen molar-refractivity contribution in [2.75, 3.05) is 80.2 Å². The first kappa shape index (κ1) is 78.0. The number of nitrogens with zero attached hydrogens (tertiary/aromatic N) is 4. The molecule has 3 aliphatic heterocycles. The molecular weight excluding hydrogens is 1390 g/mol. The fourth-order valence-electron chi connectivity index (χ4n) is 14.9. The van der Waals surface area contributed by atoms with Crippen molar-refractivity contribution in [3.63, 3.8) is 0 Å². The zero-order valence-electron chi connectivity index (χ0n) is 59.4. The van der Waals surface area contributed by atoms with Crippen LogP contribution in [0.1, 0.15) is 115 Å². The van der Waals surface area contributed by atoms with E-state index in [1.54, 1.807) is 67.0 Å². The molecule has 4 fully saturated rings. The number of anilines is 3. The van der Waals surface area contributed by atoms with Gasteiger partial charge in [-0.05, 0) is 110 Å². The Labute approximate surface area is 613 Å². The topological polar surface area (TPSA) is 397 Å². The highest BCUT2D eigenvalue weighted by atomic mass is 35.5. The van der Waals surface area contributed by atoms with Gasteiger partial charge < -0.3 is 97.0 Å². The van der Waals surface area contributed by atoms with Crippen molar-refractivity contribution in [1.29, 1.82) is 0 Å². The monoisotopic (exact) mass is 1480 g/mol. The van der Waals surface area contributed by atoms with Crippen LogP contribution >= 0.6 is 23.2 Å². The average Bonchev–Trinajstić information content (AvgIpc) is 0.906. The lowest BCUT2D eigenvalue weighted by Crippen LogP contribution is -2.73. The third-order valence-electron chi connectivity index (χ3n) is 20.9. The van der Waals surface area contributed by atoms with E-state index >= 15 is 9.59 Å². The van der Waals surface area contributed by atoms with E-state index in [1.807, 2.05) is 48.5 Å². The Balaban J connectivity index is 0.745. The van der Waals surface area contributed by atoms with Crippen LogP contribution in [0, 0.1) is 22.7 Å². The first-order valence-electron chi connectivity index (χ1n) is 35.3. The zero-order valence-corrected chi connectivity index (χ0v) is 60.9. The van der Waals surface area contributed by atoms with Crippen LogP contribution < -0.4 is 57.3 Å². The zero-order chi connectivity index (χ0) is 75.2. The van der Waals surface area contributed by atoms with Gasteiger partial charge in [0.2, 0.25) is 41.7 Å². The Kier molecular flexibility index (Phi) is 24.9. The number of halogens is 2. The molecule has 3 saturated carbocycles. The van der Waals surface area contributed by atoms with E-state index in [1.165, 1.54) is 37.7 Å². The molecule has 1 saturated heterocycles. The van der Waals surface area contributed by atoms with Crippen LogP contribution in [0.2, 0.25) is 0 Å². The number of urea groups is 1. The number of nitrogens with one attached hydrogen (secondary N) is 5. The van der Waals surface area contributed by atoms with Crippen molar-refractivity contribution in [3.05, 3.63) is 102 Å². The number of hydrogen-bond donors (Lipinski definition) is 11. The largest absolute Gasteiger partial charge is 0.461 e. The Morgan fingerprint density at radius 1 is 0.663 bits per heavy atom. The van der Waals surface area contributed by atoms with E-state index in [4.69, 9.17) is 53.6 Å². The van der Waals surface area contributed by atoms with E-state index in [-0.39, 0.29) is 118 Å². The Morgan fingerprint density at radius 3 is 1.72 bits per heavy atom. The molecule has 104 heavy (non-hydrogen) atoms. The molecule has 11 rings (SSSR count). The minimum absolute atomic E-state index is 0.0247. The van der Waals surface area contributed by atoms with E-state index in [9.17, 15) is 54.0 Å². The quantitative estimate of drug-likeness (QED) is 0.0192. The predicted molar refractivity (Wildman–Crippen MR) is 389 cm³/mol. The molecule has 5 aromatic carbocycles. The lowest BCUT2D eigenvalue weighted by atomic mass is 9.34. The standard InChI is InChI=1S/C74H95Cl2N11O17/c1-39(2)59(83-65(94)51(80-42(5)89)19-12-13-25-77)66(95)82-52(20-14-26-79-70(78)98)64(93)81-46-23-21-43(22-24-46)35-101-71(99)84(6)27-28-85(7)72(100)103-56-30-54-58(50-18-11-9-16-48(50)56)45(32-76)34-87(54)69(97)74-36-73(37-74,38-74)68(96)86-33-44(31-75)57-49-17-10-8-15-47(49)55(29-53(57)86)102-67-62(92)60(90)61(91)63(104-67)40(3)41(4)88/h8-11,15-18,21-24,29-30,39-41,44-45,51-52,59-63,67,88,90-92H,12-14,19-20,25-28,31-38,77H2,1-7H3,(H,80,89)(H,81,93)(H,82,95)(H,83,94)(H3,78,79,98)/t40-,41?,44-,45-,51+,52?,59+,60+,61+,62-,63-,67-,73?,74?/m1/s1. The van der Waals surface area contributed by atoms with Gasteiger partial charge >= 0.3 is 18.2 Å². The van der Waals surface area contributed by atoms with Crippen LogP contribution in [0.5, 0.6) is 11.5 Å². The van der Waals surface area contributed by atoms with Gasteiger partial charge in [-0.3, -0.25) is 28.8 Å². The number of benzene rings is 5. The summed E-state index contributed by atoms with van der Waals surface area (Å²) >= 11 is 13.4. The summed E-state index contributed by atoms with van der Waals surface area (Å²) < 4.78 is 24.2. The van der Waals surface area contributed by atoms with Gasteiger partial charge in [0, 0.05) is 112 Å². The second-order valence-electron chi connectivity index (χ2n) is 28.7. The molecule has 0 aromatic heterocycles.